The minimum atomic E-state index is -0.375. The molecule has 1 amide bonds. The lowest BCUT2D eigenvalue weighted by Crippen LogP contribution is -2.44. The highest BCUT2D eigenvalue weighted by molar-refractivity contribution is 6.30. The van der Waals surface area contributed by atoms with Crippen LogP contribution in [0.1, 0.15) is 63.9 Å². The molecule has 36 heavy (non-hydrogen) atoms. The van der Waals surface area contributed by atoms with Crippen molar-refractivity contribution >= 4 is 23.5 Å². The Hall–Kier alpha value is -2.41. The summed E-state index contributed by atoms with van der Waals surface area (Å²) in [5, 5.41) is 3.65. The van der Waals surface area contributed by atoms with Gasteiger partial charge in [-0.05, 0) is 74.8 Å². The molecule has 2 heterocycles. The predicted octanol–water partition coefficient (Wildman–Crippen LogP) is 5.58. The molecule has 8 heteroatoms. The molecule has 2 atom stereocenters. The van der Waals surface area contributed by atoms with Crippen molar-refractivity contribution in [3.8, 4) is 5.75 Å². The highest BCUT2D eigenvalue weighted by Crippen LogP contribution is 2.49. The Balaban J connectivity index is 1.01. The fourth-order valence-corrected chi connectivity index (χ4v) is 6.20. The van der Waals surface area contributed by atoms with Crippen LogP contribution in [0.25, 0.3) is 0 Å². The number of benzene rings is 1. The van der Waals surface area contributed by atoms with Crippen molar-refractivity contribution in [1.29, 1.82) is 0 Å². The Labute approximate surface area is 218 Å². The van der Waals surface area contributed by atoms with E-state index in [1.165, 1.54) is 12.5 Å². The van der Waals surface area contributed by atoms with Gasteiger partial charge in [0.05, 0.1) is 30.4 Å². The van der Waals surface area contributed by atoms with Gasteiger partial charge < -0.3 is 15.0 Å². The predicted molar refractivity (Wildman–Crippen MR) is 139 cm³/mol. The van der Waals surface area contributed by atoms with E-state index in [-0.39, 0.29) is 23.7 Å². The number of amides is 1. The maximum atomic E-state index is 14.6. The molecule has 0 radical (unpaired) electrons. The normalized spacial score (nSPS) is 23.5. The molecule has 1 saturated heterocycles. The summed E-state index contributed by atoms with van der Waals surface area (Å²) >= 11 is 5.90. The number of rotatable bonds is 9. The van der Waals surface area contributed by atoms with Gasteiger partial charge in [-0.25, -0.2) is 14.4 Å². The van der Waals surface area contributed by atoms with E-state index in [0.717, 1.165) is 75.8 Å². The molecule has 194 valence electrons. The first-order valence-electron chi connectivity index (χ1n) is 13.3. The van der Waals surface area contributed by atoms with Gasteiger partial charge in [0.2, 0.25) is 11.9 Å². The molecule has 0 spiro atoms. The Morgan fingerprint density at radius 2 is 1.94 bits per heavy atom. The average Bonchev–Trinajstić information content (AvgIpc) is 3.51. The van der Waals surface area contributed by atoms with Crippen LogP contribution >= 0.6 is 11.6 Å². The van der Waals surface area contributed by atoms with Gasteiger partial charge in [-0.2, -0.15) is 0 Å². The molecule has 1 aromatic heterocycles. The lowest BCUT2D eigenvalue weighted by Gasteiger charge is -2.32. The van der Waals surface area contributed by atoms with Gasteiger partial charge in [-0.1, -0.05) is 30.5 Å². The maximum absolute atomic E-state index is 14.6. The molecular formula is C28H36ClFN4O2. The average molecular weight is 515 g/mol. The van der Waals surface area contributed by atoms with Gasteiger partial charge >= 0.3 is 0 Å². The number of ether oxygens (including phenoxy) is 1. The number of nitrogens with one attached hydrogen (secondary N) is 1. The summed E-state index contributed by atoms with van der Waals surface area (Å²) in [4.78, 5) is 23.3. The van der Waals surface area contributed by atoms with E-state index in [9.17, 15) is 9.18 Å². The van der Waals surface area contributed by atoms with E-state index >= 15 is 0 Å². The van der Waals surface area contributed by atoms with Crippen LogP contribution in [-0.2, 0) is 11.2 Å². The summed E-state index contributed by atoms with van der Waals surface area (Å²) < 4.78 is 20.5. The van der Waals surface area contributed by atoms with E-state index < -0.39 is 0 Å². The number of carbonyl (C=O) groups is 1. The third kappa shape index (κ3) is 6.28. The number of anilines is 1. The summed E-state index contributed by atoms with van der Waals surface area (Å²) in [6.07, 6.45) is 12.2. The van der Waals surface area contributed by atoms with E-state index in [2.05, 4.69) is 27.1 Å². The topological polar surface area (TPSA) is 67.3 Å². The summed E-state index contributed by atoms with van der Waals surface area (Å²) in [6, 6.07) is 4.88. The van der Waals surface area contributed by atoms with E-state index in [1.807, 2.05) is 0 Å². The highest BCUT2D eigenvalue weighted by Gasteiger charge is 2.43. The van der Waals surface area contributed by atoms with Crippen molar-refractivity contribution in [1.82, 2.24) is 15.3 Å². The maximum Gasteiger partial charge on any atom is 0.225 e. The second kappa shape index (κ2) is 10.9. The zero-order chi connectivity index (χ0) is 25.1. The second-order valence-electron chi connectivity index (χ2n) is 11.1. The van der Waals surface area contributed by atoms with Crippen molar-refractivity contribution in [2.24, 2.45) is 17.8 Å². The van der Waals surface area contributed by atoms with Crippen molar-refractivity contribution < 1.29 is 13.9 Å². The molecule has 2 saturated carbocycles. The van der Waals surface area contributed by atoms with Crippen LogP contribution in [0.15, 0.2) is 30.6 Å². The summed E-state index contributed by atoms with van der Waals surface area (Å²) in [5.74, 6) is 3.01. The number of aromatic nitrogens is 2. The molecule has 5 rings (SSSR count). The van der Waals surface area contributed by atoms with Gasteiger partial charge in [0, 0.05) is 24.7 Å². The van der Waals surface area contributed by atoms with E-state index in [0.29, 0.717) is 28.9 Å². The van der Waals surface area contributed by atoms with Gasteiger partial charge in [-0.15, -0.1) is 0 Å². The fourth-order valence-electron chi connectivity index (χ4n) is 6.10. The van der Waals surface area contributed by atoms with Gasteiger partial charge in [0.25, 0.3) is 0 Å². The number of hydrogen-bond acceptors (Lipinski definition) is 5. The molecule has 2 aliphatic carbocycles. The van der Waals surface area contributed by atoms with Crippen LogP contribution in [0.5, 0.6) is 5.75 Å². The number of nitrogens with zero attached hydrogens (tertiary/aromatic N) is 3. The standard InChI is InChI=1S/C28H36ClFN4O2/c1-28(9-2-3-10-28)33-26(35)15-21-4-5-23(16-25(21)30)36-13-8-20-14-24(20)19-6-11-34(12-7-19)27-31-17-22(29)18-32-27/h4-5,16-20,24H,2-3,6-15H2,1H3,(H,33,35)/t20-,24-/m1/s1. The summed E-state index contributed by atoms with van der Waals surface area (Å²) in [6.45, 7) is 4.63. The molecule has 0 bridgehead atoms. The number of hydrogen-bond donors (Lipinski definition) is 1. The molecule has 3 aliphatic rings. The monoisotopic (exact) mass is 514 g/mol. The molecule has 2 aromatic rings. The van der Waals surface area contributed by atoms with Crippen LogP contribution in [0, 0.1) is 23.6 Å². The molecule has 1 aliphatic heterocycles. The molecular weight excluding hydrogens is 479 g/mol. The van der Waals surface area contributed by atoms with Crippen LogP contribution in [-0.4, -0.2) is 41.1 Å². The Bertz CT molecular complexity index is 1050. The minimum Gasteiger partial charge on any atom is -0.493 e. The van der Waals surface area contributed by atoms with Crippen LogP contribution in [0.3, 0.4) is 0 Å². The second-order valence-corrected chi connectivity index (χ2v) is 11.5. The fraction of sp³-hybridized carbons (Fsp3) is 0.607. The summed E-state index contributed by atoms with van der Waals surface area (Å²) in [7, 11) is 0. The smallest absolute Gasteiger partial charge is 0.225 e. The zero-order valence-electron chi connectivity index (χ0n) is 21.0. The SMILES string of the molecule is CC1(NC(=O)Cc2ccc(OCC[C@@H]3C[C@@H]3C3CCN(c4ncc(Cl)cn4)CC3)cc2F)CCCC1. The number of halogens is 2. The third-order valence-electron chi connectivity index (χ3n) is 8.29. The number of piperidine rings is 1. The van der Waals surface area contributed by atoms with Gasteiger partial charge in [0.15, 0.2) is 0 Å². The lowest BCUT2D eigenvalue weighted by atomic mass is 9.90. The van der Waals surface area contributed by atoms with Gasteiger partial charge in [0.1, 0.15) is 11.6 Å². The van der Waals surface area contributed by atoms with Crippen molar-refractivity contribution in [3.63, 3.8) is 0 Å². The van der Waals surface area contributed by atoms with Crippen molar-refractivity contribution in [2.75, 3.05) is 24.6 Å². The molecule has 0 unspecified atom stereocenters. The number of carbonyl (C=O) groups excluding carboxylic acids is 1. The minimum absolute atomic E-state index is 0.0639. The third-order valence-corrected chi connectivity index (χ3v) is 8.49. The molecule has 6 nitrogen and oxygen atoms in total. The van der Waals surface area contributed by atoms with Crippen molar-refractivity contribution in [2.45, 2.75) is 70.3 Å². The van der Waals surface area contributed by atoms with Crippen molar-refractivity contribution in [3.05, 3.63) is 47.0 Å². The summed E-state index contributed by atoms with van der Waals surface area (Å²) in [5.41, 5.74) is 0.276. The first-order chi connectivity index (χ1) is 17.4. The Kier molecular flexibility index (Phi) is 7.65. The Morgan fingerprint density at radius 3 is 2.64 bits per heavy atom. The van der Waals surface area contributed by atoms with E-state index in [4.69, 9.17) is 16.3 Å². The molecule has 1 N–H and O–H groups in total. The van der Waals surface area contributed by atoms with E-state index in [1.54, 1.807) is 24.5 Å². The molecule has 1 aromatic carbocycles. The lowest BCUT2D eigenvalue weighted by molar-refractivity contribution is -0.122. The Morgan fingerprint density at radius 1 is 1.22 bits per heavy atom. The van der Waals surface area contributed by atoms with Crippen LogP contribution in [0.2, 0.25) is 5.02 Å². The van der Waals surface area contributed by atoms with Crippen LogP contribution < -0.4 is 15.0 Å². The first kappa shape index (κ1) is 25.2. The zero-order valence-corrected chi connectivity index (χ0v) is 21.8. The van der Waals surface area contributed by atoms with Crippen LogP contribution in [0.4, 0.5) is 10.3 Å². The first-order valence-corrected chi connectivity index (χ1v) is 13.7. The van der Waals surface area contributed by atoms with Gasteiger partial charge in [-0.3, -0.25) is 4.79 Å². The quantitative estimate of drug-likeness (QED) is 0.473. The largest absolute Gasteiger partial charge is 0.493 e. The molecule has 3 fully saturated rings. The highest BCUT2D eigenvalue weighted by atomic mass is 35.5.